The summed E-state index contributed by atoms with van der Waals surface area (Å²) >= 11 is 0. The Morgan fingerprint density at radius 1 is 1.23 bits per heavy atom. The molecule has 206 valence electrons. The summed E-state index contributed by atoms with van der Waals surface area (Å²) in [5, 5.41) is 0. The number of halogens is 1. The molecule has 0 aliphatic carbocycles. The van der Waals surface area contributed by atoms with E-state index in [1.165, 1.54) is 18.1 Å². The van der Waals surface area contributed by atoms with Gasteiger partial charge in [-0.3, -0.25) is 4.40 Å². The molecule has 1 fully saturated rings. The maximum Gasteiger partial charge on any atom is 0.409 e. The lowest BCUT2D eigenvalue weighted by molar-refractivity contribution is 0.131. The molecule has 5 rings (SSSR count). The summed E-state index contributed by atoms with van der Waals surface area (Å²) < 4.78 is 28.2. The number of rotatable bonds is 7. The minimum absolute atomic E-state index is 0.0594. The number of imidazole rings is 1. The van der Waals surface area contributed by atoms with Crippen molar-refractivity contribution in [1.82, 2.24) is 24.2 Å². The Kier molecular flexibility index (Phi) is 7.94. The Labute approximate surface area is 232 Å². The summed E-state index contributed by atoms with van der Waals surface area (Å²) in [6, 6.07) is 12.4. The summed E-state index contributed by atoms with van der Waals surface area (Å²) in [7, 11) is 4.95. The molecule has 3 heterocycles. The van der Waals surface area contributed by atoms with Gasteiger partial charge in [0, 0.05) is 37.5 Å². The molecule has 1 aliphatic rings. The van der Waals surface area contributed by atoms with Crippen LogP contribution in [0.25, 0.3) is 32.9 Å². The van der Waals surface area contributed by atoms with Gasteiger partial charge in [0.05, 0.1) is 38.1 Å². The summed E-state index contributed by atoms with van der Waals surface area (Å²) in [4.78, 5) is 28.5. The first-order valence-corrected chi connectivity index (χ1v) is 13.1. The van der Waals surface area contributed by atoms with Gasteiger partial charge in [0.25, 0.3) is 0 Å². The van der Waals surface area contributed by atoms with Crippen LogP contribution in [0.3, 0.4) is 0 Å². The second-order valence-electron chi connectivity index (χ2n) is 10.1. The third kappa shape index (κ3) is 5.60. The van der Waals surface area contributed by atoms with Crippen molar-refractivity contribution in [2.24, 2.45) is 5.92 Å². The summed E-state index contributed by atoms with van der Waals surface area (Å²) in [5.41, 5.74) is 3.98. The van der Waals surface area contributed by atoms with Gasteiger partial charge in [-0.2, -0.15) is 4.98 Å². The molecule has 4 aromatic rings. The minimum Gasteiger partial charge on any atom is -0.464 e. The number of piperidine rings is 1. The van der Waals surface area contributed by atoms with Crippen LogP contribution in [-0.2, 0) is 11.3 Å². The van der Waals surface area contributed by atoms with Gasteiger partial charge in [0.1, 0.15) is 5.82 Å². The second-order valence-corrected chi connectivity index (χ2v) is 10.1. The highest BCUT2D eigenvalue weighted by molar-refractivity contribution is 5.90. The lowest BCUT2D eigenvalue weighted by Gasteiger charge is -2.29. The lowest BCUT2D eigenvalue weighted by Crippen LogP contribution is -2.35. The molecule has 1 saturated heterocycles. The van der Waals surface area contributed by atoms with Crippen LogP contribution >= 0.6 is 0 Å². The summed E-state index contributed by atoms with van der Waals surface area (Å²) in [6.07, 6.45) is 5.14. The molecule has 2 aromatic carbocycles. The van der Waals surface area contributed by atoms with Crippen LogP contribution in [0.1, 0.15) is 18.4 Å². The van der Waals surface area contributed by atoms with Crippen molar-refractivity contribution in [2.75, 3.05) is 40.9 Å². The highest BCUT2D eigenvalue weighted by Gasteiger charge is 2.23. The minimum atomic E-state index is -0.549. The smallest absolute Gasteiger partial charge is 0.409 e. The van der Waals surface area contributed by atoms with Crippen LogP contribution < -0.4 is 4.74 Å². The number of carbonyl (C=O) groups is 1. The zero-order valence-electron chi connectivity index (χ0n) is 22.8. The molecule has 9 nitrogen and oxygen atoms in total. The van der Waals surface area contributed by atoms with Crippen molar-refractivity contribution in [3.05, 3.63) is 77.7 Å². The number of aromatic nitrogens is 3. The van der Waals surface area contributed by atoms with E-state index in [0.717, 1.165) is 31.5 Å². The Hall–Kier alpha value is -4.49. The van der Waals surface area contributed by atoms with Gasteiger partial charge >= 0.3 is 12.1 Å². The third-order valence-corrected chi connectivity index (χ3v) is 7.19. The number of likely N-dealkylation sites (tertiary alicyclic amines) is 1. The molecule has 0 bridgehead atoms. The molecule has 2 aromatic heterocycles. The van der Waals surface area contributed by atoms with Gasteiger partial charge in [-0.15, -0.1) is 0 Å². The van der Waals surface area contributed by atoms with Gasteiger partial charge < -0.3 is 19.3 Å². The fourth-order valence-corrected chi connectivity index (χ4v) is 5.13. The summed E-state index contributed by atoms with van der Waals surface area (Å²) in [6.45, 7) is 9.95. The highest BCUT2D eigenvalue weighted by atomic mass is 19.1. The third-order valence-electron chi connectivity index (χ3n) is 7.19. The Bertz CT molecular complexity index is 1560. The standard InChI is InChI=1S/C30H31FN6O3/c1-32-24-11-9-21(10-12-24)27-26(22-7-8-23(25(31)16-22)18-36(3)30(38)39-4)28-33-13-15-37(28)29(34-27)40-19-20-6-5-14-35(2)17-20/h7-13,15-16,20H,5-6,14,17-19H2,2-4H3/t20-/m1/s1. The second kappa shape index (κ2) is 11.7. The number of methoxy groups -OCH3 is 1. The molecule has 0 radical (unpaired) electrons. The first kappa shape index (κ1) is 27.1. The number of benzene rings is 2. The molecule has 40 heavy (non-hydrogen) atoms. The van der Waals surface area contributed by atoms with Crippen molar-refractivity contribution in [2.45, 2.75) is 19.4 Å². The molecule has 0 saturated carbocycles. The van der Waals surface area contributed by atoms with Crippen LogP contribution in [0.15, 0.2) is 54.9 Å². The monoisotopic (exact) mass is 542 g/mol. The molecule has 1 atom stereocenters. The number of ether oxygens (including phenoxy) is 2. The van der Waals surface area contributed by atoms with Crippen molar-refractivity contribution in [3.63, 3.8) is 0 Å². The number of hydrogen-bond acceptors (Lipinski definition) is 6. The Morgan fingerprint density at radius 2 is 2.00 bits per heavy atom. The first-order chi connectivity index (χ1) is 19.4. The molecular formula is C30H31FN6O3. The summed E-state index contributed by atoms with van der Waals surface area (Å²) in [5.74, 6) is -0.0704. The van der Waals surface area contributed by atoms with E-state index in [2.05, 4.69) is 21.8 Å². The quantitative estimate of drug-likeness (QED) is 0.280. The van der Waals surface area contributed by atoms with Crippen LogP contribution in [0, 0.1) is 18.3 Å². The van der Waals surface area contributed by atoms with Crippen LogP contribution in [0.4, 0.5) is 14.9 Å². The van der Waals surface area contributed by atoms with E-state index in [1.807, 2.05) is 12.1 Å². The van der Waals surface area contributed by atoms with Gasteiger partial charge in [-0.1, -0.05) is 36.4 Å². The highest BCUT2D eigenvalue weighted by Crippen LogP contribution is 2.37. The topological polar surface area (TPSA) is 76.6 Å². The number of carbonyl (C=O) groups excluding carboxylic acids is 1. The lowest BCUT2D eigenvalue weighted by atomic mass is 9.98. The van der Waals surface area contributed by atoms with E-state index in [0.29, 0.717) is 52.3 Å². The molecule has 1 aliphatic heterocycles. The number of hydrogen-bond donors (Lipinski definition) is 0. The fraction of sp³-hybridized carbons (Fsp3) is 0.333. The van der Waals surface area contributed by atoms with E-state index in [1.54, 1.807) is 48.1 Å². The number of amides is 1. The number of nitrogens with zero attached hydrogens (tertiary/aromatic N) is 6. The average Bonchev–Trinajstić information content (AvgIpc) is 3.46. The predicted octanol–water partition coefficient (Wildman–Crippen LogP) is 5.67. The molecule has 0 unspecified atom stereocenters. The van der Waals surface area contributed by atoms with Gasteiger partial charge in [0.15, 0.2) is 11.3 Å². The molecule has 1 amide bonds. The maximum atomic E-state index is 15.4. The normalized spacial score (nSPS) is 15.5. The van der Waals surface area contributed by atoms with E-state index in [-0.39, 0.29) is 6.54 Å². The molecule has 0 N–H and O–H groups in total. The van der Waals surface area contributed by atoms with E-state index in [9.17, 15) is 4.79 Å². The van der Waals surface area contributed by atoms with E-state index in [4.69, 9.17) is 21.0 Å². The zero-order valence-corrected chi connectivity index (χ0v) is 22.8. The molecule has 10 heteroatoms. The SMILES string of the molecule is [C-]#[N+]c1ccc(-c2nc(OC[C@@H]3CCCN(C)C3)n3ccnc3c2-c2ccc(CN(C)C(=O)OC)c(F)c2)cc1. The van der Waals surface area contributed by atoms with Gasteiger partial charge in [-0.25, -0.2) is 19.0 Å². The zero-order chi connectivity index (χ0) is 28.2. The Morgan fingerprint density at radius 3 is 2.70 bits per heavy atom. The van der Waals surface area contributed by atoms with Crippen LogP contribution in [-0.4, -0.2) is 71.2 Å². The maximum absolute atomic E-state index is 15.4. The average molecular weight is 543 g/mol. The van der Waals surface area contributed by atoms with Crippen LogP contribution in [0.5, 0.6) is 6.01 Å². The largest absolute Gasteiger partial charge is 0.464 e. The van der Waals surface area contributed by atoms with E-state index < -0.39 is 11.9 Å². The van der Waals surface area contributed by atoms with Crippen molar-refractivity contribution < 1.29 is 18.7 Å². The van der Waals surface area contributed by atoms with Gasteiger partial charge in [0.2, 0.25) is 0 Å². The van der Waals surface area contributed by atoms with Crippen molar-refractivity contribution in [1.29, 1.82) is 0 Å². The molecular weight excluding hydrogens is 511 g/mol. The first-order valence-electron chi connectivity index (χ1n) is 13.1. The van der Waals surface area contributed by atoms with Crippen molar-refractivity contribution >= 4 is 17.4 Å². The predicted molar refractivity (Wildman–Crippen MR) is 150 cm³/mol. The van der Waals surface area contributed by atoms with E-state index >= 15 is 4.39 Å². The van der Waals surface area contributed by atoms with Crippen LogP contribution in [0.2, 0.25) is 0 Å². The fourth-order valence-electron chi connectivity index (χ4n) is 5.13. The van der Waals surface area contributed by atoms with Gasteiger partial charge in [-0.05, 0) is 43.6 Å². The molecule has 0 spiro atoms. The van der Waals surface area contributed by atoms with Crippen molar-refractivity contribution in [3.8, 4) is 28.4 Å². The number of fused-ring (bicyclic) bond motifs is 1. The Balaban J connectivity index is 1.58.